The van der Waals surface area contributed by atoms with Gasteiger partial charge in [-0.05, 0) is 73.1 Å². The van der Waals surface area contributed by atoms with Gasteiger partial charge in [0.15, 0.2) is 6.20 Å². The van der Waals surface area contributed by atoms with Crippen LogP contribution in [-0.4, -0.2) is 0 Å². The number of hydrogen-bond acceptors (Lipinski definition) is 0. The van der Waals surface area contributed by atoms with Crippen molar-refractivity contribution in [1.29, 1.82) is 0 Å². The van der Waals surface area contributed by atoms with Gasteiger partial charge in [0.1, 0.15) is 7.05 Å². The molecular formula is C23H24N+. The number of pyridine rings is 1. The van der Waals surface area contributed by atoms with Gasteiger partial charge in [0.05, 0.1) is 10.9 Å². The zero-order valence-electron chi connectivity index (χ0n) is 14.8. The third-order valence-electron chi connectivity index (χ3n) is 6.26. The normalized spacial score (nSPS) is 21.5. The third kappa shape index (κ3) is 1.90. The van der Waals surface area contributed by atoms with E-state index in [2.05, 4.69) is 68.1 Å². The fourth-order valence-electron chi connectivity index (χ4n) is 4.96. The monoisotopic (exact) mass is 314 g/mol. The van der Waals surface area contributed by atoms with Crippen molar-refractivity contribution in [2.45, 2.75) is 39.0 Å². The highest BCUT2D eigenvalue weighted by atomic mass is 14.9. The van der Waals surface area contributed by atoms with Gasteiger partial charge in [0, 0.05) is 6.07 Å². The molecule has 120 valence electrons. The molecule has 3 aliphatic carbocycles. The highest BCUT2D eigenvalue weighted by Gasteiger charge is 2.39. The summed E-state index contributed by atoms with van der Waals surface area (Å²) in [6, 6.07) is 13.9. The van der Waals surface area contributed by atoms with Crippen LogP contribution in [0.25, 0.3) is 22.0 Å². The first-order chi connectivity index (χ1) is 11.6. The molecule has 0 spiro atoms. The molecule has 0 aliphatic heterocycles. The zero-order chi connectivity index (χ0) is 16.4. The second-order valence-electron chi connectivity index (χ2n) is 7.93. The van der Waals surface area contributed by atoms with Gasteiger partial charge in [0.2, 0.25) is 5.69 Å². The summed E-state index contributed by atoms with van der Waals surface area (Å²) in [5.74, 6) is 1.74. The van der Waals surface area contributed by atoms with E-state index in [4.69, 9.17) is 0 Å². The van der Waals surface area contributed by atoms with Gasteiger partial charge < -0.3 is 0 Å². The summed E-state index contributed by atoms with van der Waals surface area (Å²) in [5, 5.41) is 2.72. The molecule has 1 nitrogen and oxygen atoms in total. The van der Waals surface area contributed by atoms with E-state index in [9.17, 15) is 0 Å². The molecule has 1 fully saturated rings. The van der Waals surface area contributed by atoms with E-state index in [0.29, 0.717) is 0 Å². The van der Waals surface area contributed by atoms with Crippen LogP contribution in [0.15, 0.2) is 42.6 Å². The number of rotatable bonds is 1. The van der Waals surface area contributed by atoms with E-state index in [0.717, 1.165) is 11.8 Å². The topological polar surface area (TPSA) is 3.88 Å². The maximum atomic E-state index is 2.41. The van der Waals surface area contributed by atoms with E-state index >= 15 is 0 Å². The van der Waals surface area contributed by atoms with Gasteiger partial charge >= 0.3 is 0 Å². The largest absolute Gasteiger partial charge is 0.220 e. The molecule has 3 aliphatic rings. The first kappa shape index (κ1) is 14.2. The quantitative estimate of drug-likeness (QED) is 0.557. The minimum absolute atomic E-state index is 0.820. The predicted octanol–water partition coefficient (Wildman–Crippen LogP) is 5.00. The Bertz CT molecular complexity index is 977. The van der Waals surface area contributed by atoms with Crippen LogP contribution >= 0.6 is 0 Å². The molecule has 0 radical (unpaired) electrons. The fraction of sp³-hybridized carbons (Fsp3) is 0.348. The Morgan fingerprint density at radius 2 is 1.83 bits per heavy atom. The molecule has 0 unspecified atom stereocenters. The van der Waals surface area contributed by atoms with E-state index in [1.807, 2.05) is 0 Å². The van der Waals surface area contributed by atoms with Crippen LogP contribution in [0.3, 0.4) is 0 Å². The summed E-state index contributed by atoms with van der Waals surface area (Å²) in [4.78, 5) is 0. The van der Waals surface area contributed by atoms with Crippen LogP contribution in [0.5, 0.6) is 0 Å². The molecular weight excluding hydrogens is 290 g/mol. The molecule has 0 atom stereocenters. The van der Waals surface area contributed by atoms with Crippen LogP contribution < -0.4 is 4.57 Å². The molecule has 2 aromatic carbocycles. The SMILES string of the molecule is Cc1ccc2c(-c3c(C)ccc4c3CC3CC4C3)[n+](C)ccc2c1. The molecule has 6 rings (SSSR count). The Hall–Kier alpha value is -2.15. The van der Waals surface area contributed by atoms with Crippen LogP contribution in [0, 0.1) is 19.8 Å². The highest BCUT2D eigenvalue weighted by Crippen LogP contribution is 2.52. The third-order valence-corrected chi connectivity index (χ3v) is 6.26. The molecule has 1 aromatic heterocycles. The van der Waals surface area contributed by atoms with E-state index < -0.39 is 0 Å². The van der Waals surface area contributed by atoms with Crippen molar-refractivity contribution in [3.8, 4) is 11.3 Å². The zero-order valence-corrected chi connectivity index (χ0v) is 14.8. The summed E-state index contributed by atoms with van der Waals surface area (Å²) >= 11 is 0. The average Bonchev–Trinajstić information content (AvgIpc) is 2.54. The first-order valence-electron chi connectivity index (χ1n) is 9.13. The number of hydrogen-bond donors (Lipinski definition) is 0. The van der Waals surface area contributed by atoms with Gasteiger partial charge in [-0.1, -0.05) is 29.8 Å². The lowest BCUT2D eigenvalue weighted by atomic mass is 9.61. The molecule has 0 saturated heterocycles. The van der Waals surface area contributed by atoms with Crippen molar-refractivity contribution in [1.82, 2.24) is 0 Å². The van der Waals surface area contributed by atoms with Crippen LogP contribution in [-0.2, 0) is 13.5 Å². The molecule has 2 bridgehead atoms. The lowest BCUT2D eigenvalue weighted by Gasteiger charge is -2.43. The van der Waals surface area contributed by atoms with Crippen LogP contribution in [0.2, 0.25) is 0 Å². The van der Waals surface area contributed by atoms with Gasteiger partial charge in [-0.15, -0.1) is 0 Å². The molecule has 1 heteroatoms. The summed E-state index contributed by atoms with van der Waals surface area (Å²) in [6.07, 6.45) is 6.32. The standard InChI is InChI=1S/C23H24N/c1-14-4-6-20-17(10-14)8-9-24(3)23(20)22-15(2)5-7-19-18-11-16(12-18)13-21(19)22/h4-10,16,18H,11-13H2,1-3H3/q+1. The van der Waals surface area contributed by atoms with Gasteiger partial charge in [0.25, 0.3) is 0 Å². The maximum absolute atomic E-state index is 2.41. The number of fused-ring (bicyclic) bond motifs is 1. The van der Waals surface area contributed by atoms with Crippen molar-refractivity contribution in [2.24, 2.45) is 13.0 Å². The second-order valence-corrected chi connectivity index (χ2v) is 7.93. The first-order valence-corrected chi connectivity index (χ1v) is 9.13. The van der Waals surface area contributed by atoms with Crippen molar-refractivity contribution in [2.75, 3.05) is 0 Å². The van der Waals surface area contributed by atoms with Crippen molar-refractivity contribution in [3.05, 3.63) is 64.8 Å². The molecule has 3 aromatic rings. The molecule has 0 amide bonds. The van der Waals surface area contributed by atoms with E-state index in [1.54, 1.807) is 11.1 Å². The minimum Gasteiger partial charge on any atom is -0.200 e. The average molecular weight is 314 g/mol. The van der Waals surface area contributed by atoms with Crippen molar-refractivity contribution < 1.29 is 4.57 Å². The molecule has 24 heavy (non-hydrogen) atoms. The summed E-state index contributed by atoms with van der Waals surface area (Å²) < 4.78 is 2.32. The number of benzene rings is 2. The Morgan fingerprint density at radius 3 is 2.67 bits per heavy atom. The minimum atomic E-state index is 0.820. The van der Waals surface area contributed by atoms with E-state index in [-0.39, 0.29) is 0 Å². The maximum Gasteiger partial charge on any atom is 0.220 e. The Balaban J connectivity index is 1.86. The van der Waals surface area contributed by atoms with Crippen LogP contribution in [0.1, 0.15) is 41.0 Å². The van der Waals surface area contributed by atoms with E-state index in [1.165, 1.54) is 52.4 Å². The van der Waals surface area contributed by atoms with Gasteiger partial charge in [-0.25, -0.2) is 4.57 Å². The number of nitrogens with zero attached hydrogens (tertiary/aromatic N) is 1. The number of aryl methyl sites for hydroxylation is 3. The van der Waals surface area contributed by atoms with Crippen molar-refractivity contribution >= 4 is 10.8 Å². The van der Waals surface area contributed by atoms with Gasteiger partial charge in [-0.2, -0.15) is 0 Å². The summed E-state index contributed by atoms with van der Waals surface area (Å²) in [5.41, 5.74) is 8.89. The Morgan fingerprint density at radius 1 is 1.00 bits per heavy atom. The fourth-order valence-corrected chi connectivity index (χ4v) is 4.96. The Kier molecular flexibility index (Phi) is 2.92. The lowest BCUT2D eigenvalue weighted by molar-refractivity contribution is -0.659. The molecule has 1 saturated carbocycles. The van der Waals surface area contributed by atoms with Gasteiger partial charge in [-0.3, -0.25) is 0 Å². The highest BCUT2D eigenvalue weighted by molar-refractivity contribution is 5.95. The number of aromatic nitrogens is 1. The van der Waals surface area contributed by atoms with Crippen LogP contribution in [0.4, 0.5) is 0 Å². The smallest absolute Gasteiger partial charge is 0.200 e. The summed E-state index contributed by atoms with van der Waals surface area (Å²) in [7, 11) is 2.19. The Labute approximate surface area is 144 Å². The lowest BCUT2D eigenvalue weighted by Crippen LogP contribution is -2.34. The summed E-state index contributed by atoms with van der Waals surface area (Å²) in [6.45, 7) is 4.46. The predicted molar refractivity (Wildman–Crippen MR) is 99.2 cm³/mol. The second kappa shape index (κ2) is 4.92. The van der Waals surface area contributed by atoms with Crippen molar-refractivity contribution in [3.63, 3.8) is 0 Å². The molecule has 1 heterocycles. The molecule has 0 N–H and O–H groups in total.